The summed E-state index contributed by atoms with van der Waals surface area (Å²) in [7, 11) is 1.60. The molecule has 1 aliphatic rings. The lowest BCUT2D eigenvalue weighted by Crippen LogP contribution is -2.60. The van der Waals surface area contributed by atoms with Crippen LogP contribution in [0.3, 0.4) is 0 Å². The lowest BCUT2D eigenvalue weighted by atomic mass is 9.85. The number of hydrogen-bond acceptors (Lipinski definition) is 3. The Bertz CT molecular complexity index is 1200. The monoisotopic (exact) mass is 413 g/mol. The molecule has 0 unspecified atom stereocenters. The molecule has 31 heavy (non-hydrogen) atoms. The summed E-state index contributed by atoms with van der Waals surface area (Å²) < 4.78 is 14.9. The summed E-state index contributed by atoms with van der Waals surface area (Å²) in [4.78, 5) is 32.3. The van der Waals surface area contributed by atoms with Crippen molar-refractivity contribution in [3.05, 3.63) is 95.4 Å². The second kappa shape index (κ2) is 8.04. The molecule has 0 bridgehead atoms. The molecule has 0 aliphatic carbocycles. The summed E-state index contributed by atoms with van der Waals surface area (Å²) in [5, 5.41) is 0. The minimum absolute atomic E-state index is 0.00986. The summed E-state index contributed by atoms with van der Waals surface area (Å²) in [6.45, 7) is 1.82. The van der Waals surface area contributed by atoms with Crippen LogP contribution in [0.5, 0.6) is 0 Å². The summed E-state index contributed by atoms with van der Waals surface area (Å²) in [5.41, 5.74) is 1.14. The first-order chi connectivity index (χ1) is 14.9. The number of carbonyl (C=O) groups is 2. The Hall–Kier alpha value is -3.98. The average Bonchev–Trinajstić information content (AvgIpc) is 2.79. The van der Waals surface area contributed by atoms with Gasteiger partial charge in [0.2, 0.25) is 5.91 Å². The molecule has 0 N–H and O–H groups in total. The first-order valence-electron chi connectivity index (χ1n) is 9.79. The number of imide groups is 1. The zero-order valence-electron chi connectivity index (χ0n) is 17.2. The van der Waals surface area contributed by atoms with Crippen LogP contribution in [0.2, 0.25) is 0 Å². The van der Waals surface area contributed by atoms with Gasteiger partial charge in [-0.2, -0.15) is 0 Å². The normalized spacial score (nSPS) is 18.5. The molecule has 2 aromatic carbocycles. The molecule has 1 fully saturated rings. The van der Waals surface area contributed by atoms with Crippen molar-refractivity contribution >= 4 is 17.8 Å². The topological polar surface area (TPSA) is 53.5 Å². The van der Waals surface area contributed by atoms with Gasteiger partial charge in [-0.3, -0.25) is 4.79 Å². The highest BCUT2D eigenvalue weighted by atomic mass is 19.1. The molecule has 4 rings (SSSR count). The highest BCUT2D eigenvalue weighted by Gasteiger charge is 2.47. The maximum absolute atomic E-state index is 14.9. The van der Waals surface area contributed by atoms with Crippen molar-refractivity contribution in [2.24, 2.45) is 0 Å². The quantitative estimate of drug-likeness (QED) is 0.588. The summed E-state index contributed by atoms with van der Waals surface area (Å²) >= 11 is 0. The first kappa shape index (κ1) is 20.3. The molecule has 1 aromatic heterocycles. The number of benzene rings is 2. The fraction of sp³-hybridized carbons (Fsp3) is 0.160. The molecule has 154 valence electrons. The second-order valence-electron chi connectivity index (χ2n) is 7.53. The van der Waals surface area contributed by atoms with Crippen molar-refractivity contribution in [2.75, 3.05) is 11.9 Å². The smallest absolute Gasteiger partial charge is 0.317 e. The van der Waals surface area contributed by atoms with E-state index in [1.165, 1.54) is 17.2 Å². The lowest BCUT2D eigenvalue weighted by molar-refractivity contribution is -0.122. The van der Waals surface area contributed by atoms with Gasteiger partial charge < -0.3 is 4.90 Å². The average molecular weight is 413 g/mol. The van der Waals surface area contributed by atoms with Gasteiger partial charge in [0.15, 0.2) is 11.6 Å². The summed E-state index contributed by atoms with van der Waals surface area (Å²) in [6.07, 6.45) is 1.37. The number of aromatic nitrogens is 1. The van der Waals surface area contributed by atoms with Crippen LogP contribution in [0.25, 0.3) is 0 Å². The van der Waals surface area contributed by atoms with Gasteiger partial charge in [-0.05, 0) is 30.7 Å². The van der Waals surface area contributed by atoms with Gasteiger partial charge >= 0.3 is 6.03 Å². The van der Waals surface area contributed by atoms with Gasteiger partial charge in [0.05, 0.1) is 12.0 Å². The van der Waals surface area contributed by atoms with E-state index in [4.69, 9.17) is 0 Å². The molecular formula is C25H20FN3O2. The summed E-state index contributed by atoms with van der Waals surface area (Å²) in [6, 6.07) is 19.2. The highest BCUT2D eigenvalue weighted by Crippen LogP contribution is 2.37. The number of urea groups is 1. The number of amides is 3. The predicted octanol–water partition coefficient (Wildman–Crippen LogP) is 4.32. The highest BCUT2D eigenvalue weighted by molar-refractivity contribution is 6.16. The SMILES string of the molecule is CN1C(=O)N(c2ncc(C#Cc3ccccc3)cc2F)C(=O)C[C@@]1(C)c1ccccc1. The van der Waals surface area contributed by atoms with Gasteiger partial charge in [0.1, 0.15) is 0 Å². The van der Waals surface area contributed by atoms with E-state index in [1.54, 1.807) is 7.05 Å². The number of pyridine rings is 1. The van der Waals surface area contributed by atoms with Crippen LogP contribution in [0.15, 0.2) is 72.9 Å². The molecule has 0 radical (unpaired) electrons. The molecule has 2 heterocycles. The van der Waals surface area contributed by atoms with E-state index in [-0.39, 0.29) is 12.2 Å². The molecule has 3 aromatic rings. The fourth-order valence-corrected chi connectivity index (χ4v) is 3.59. The Morgan fingerprint density at radius 2 is 1.58 bits per heavy atom. The minimum atomic E-state index is -0.830. The number of carbonyl (C=O) groups excluding carboxylic acids is 2. The molecule has 1 atom stereocenters. The van der Waals surface area contributed by atoms with Crippen molar-refractivity contribution < 1.29 is 14.0 Å². The largest absolute Gasteiger partial charge is 0.333 e. The third kappa shape index (κ3) is 3.78. The predicted molar refractivity (Wildman–Crippen MR) is 116 cm³/mol. The second-order valence-corrected chi connectivity index (χ2v) is 7.53. The maximum Gasteiger partial charge on any atom is 0.333 e. The van der Waals surface area contributed by atoms with Crippen LogP contribution in [-0.2, 0) is 10.3 Å². The van der Waals surface area contributed by atoms with E-state index in [9.17, 15) is 14.0 Å². The van der Waals surface area contributed by atoms with Gasteiger partial charge in [0, 0.05) is 24.4 Å². The Morgan fingerprint density at radius 1 is 0.968 bits per heavy atom. The molecule has 5 nitrogen and oxygen atoms in total. The van der Waals surface area contributed by atoms with Gasteiger partial charge in [-0.15, -0.1) is 0 Å². The van der Waals surface area contributed by atoms with Crippen LogP contribution in [0.4, 0.5) is 15.0 Å². The van der Waals surface area contributed by atoms with Crippen LogP contribution in [-0.4, -0.2) is 28.9 Å². The number of nitrogens with zero attached hydrogens (tertiary/aromatic N) is 3. The summed E-state index contributed by atoms with van der Waals surface area (Å²) in [5.74, 6) is 4.17. The van der Waals surface area contributed by atoms with E-state index in [1.807, 2.05) is 67.6 Å². The fourth-order valence-electron chi connectivity index (χ4n) is 3.59. The third-order valence-corrected chi connectivity index (χ3v) is 5.52. The molecule has 1 aliphatic heterocycles. The van der Waals surface area contributed by atoms with Crippen LogP contribution >= 0.6 is 0 Å². The number of halogens is 1. The van der Waals surface area contributed by atoms with Crippen molar-refractivity contribution in [1.82, 2.24) is 9.88 Å². The molecule has 3 amide bonds. The molecule has 6 heteroatoms. The Kier molecular flexibility index (Phi) is 5.26. The molecule has 0 saturated carbocycles. The van der Waals surface area contributed by atoms with Gasteiger partial charge in [-0.25, -0.2) is 19.1 Å². The lowest BCUT2D eigenvalue weighted by Gasteiger charge is -2.45. The van der Waals surface area contributed by atoms with Crippen molar-refractivity contribution in [3.63, 3.8) is 0 Å². The van der Waals surface area contributed by atoms with Crippen LogP contribution in [0, 0.1) is 17.7 Å². The Labute approximate surface area is 180 Å². The molecule has 0 spiro atoms. The first-order valence-corrected chi connectivity index (χ1v) is 9.79. The van der Waals surface area contributed by atoms with E-state index in [2.05, 4.69) is 16.8 Å². The maximum atomic E-state index is 14.9. The van der Waals surface area contributed by atoms with Crippen LogP contribution < -0.4 is 4.90 Å². The Balaban J connectivity index is 1.62. The third-order valence-electron chi connectivity index (χ3n) is 5.52. The zero-order chi connectivity index (χ0) is 22.0. The van der Waals surface area contributed by atoms with E-state index < -0.39 is 23.3 Å². The van der Waals surface area contributed by atoms with Crippen LogP contribution in [0.1, 0.15) is 30.0 Å². The van der Waals surface area contributed by atoms with E-state index in [0.717, 1.165) is 16.0 Å². The number of hydrogen-bond donors (Lipinski definition) is 0. The standard InChI is InChI=1S/C25H20FN3O2/c1-25(20-11-7-4-8-12-20)16-22(30)29(24(31)28(25)2)23-21(26)15-19(17-27-23)14-13-18-9-5-3-6-10-18/h3-12,15,17H,16H2,1-2H3/t25-/m0/s1. The zero-order valence-corrected chi connectivity index (χ0v) is 17.2. The number of rotatable bonds is 2. The molecular weight excluding hydrogens is 393 g/mol. The minimum Gasteiger partial charge on any atom is -0.317 e. The number of anilines is 1. The van der Waals surface area contributed by atoms with Crippen molar-refractivity contribution in [1.29, 1.82) is 0 Å². The van der Waals surface area contributed by atoms with E-state index >= 15 is 0 Å². The van der Waals surface area contributed by atoms with Gasteiger partial charge in [-0.1, -0.05) is 60.4 Å². The van der Waals surface area contributed by atoms with Crippen molar-refractivity contribution in [2.45, 2.75) is 18.9 Å². The van der Waals surface area contributed by atoms with E-state index in [0.29, 0.717) is 5.56 Å². The van der Waals surface area contributed by atoms with Crippen molar-refractivity contribution in [3.8, 4) is 11.8 Å². The Morgan fingerprint density at radius 3 is 2.23 bits per heavy atom. The molecule has 1 saturated heterocycles. The van der Waals surface area contributed by atoms with Gasteiger partial charge in [0.25, 0.3) is 0 Å².